The number of carbonyl (C=O) groups is 1. The Bertz CT molecular complexity index is 1430. The van der Waals surface area contributed by atoms with Crippen molar-refractivity contribution in [1.82, 2.24) is 14.7 Å². The van der Waals surface area contributed by atoms with Gasteiger partial charge in [-0.2, -0.15) is 12.8 Å². The molecule has 0 aliphatic carbocycles. The van der Waals surface area contributed by atoms with Gasteiger partial charge in [0.25, 0.3) is 15.9 Å². The molecule has 1 amide bonds. The van der Waals surface area contributed by atoms with Gasteiger partial charge in [0.1, 0.15) is 0 Å². The number of sulfonamides is 1. The van der Waals surface area contributed by atoms with Crippen molar-refractivity contribution in [2.75, 3.05) is 11.3 Å². The fourth-order valence-electron chi connectivity index (χ4n) is 3.23. The number of hydrogen-bond donors (Lipinski definition) is 2. The summed E-state index contributed by atoms with van der Waals surface area (Å²) < 4.78 is 34.3. The average molecular weight is 613 g/mol. The molecule has 2 N–H and O–H groups in total. The van der Waals surface area contributed by atoms with Crippen molar-refractivity contribution < 1.29 is 13.2 Å². The molecule has 2 heterocycles. The number of anilines is 1. The van der Waals surface area contributed by atoms with Crippen molar-refractivity contribution in [3.63, 3.8) is 0 Å². The van der Waals surface area contributed by atoms with Gasteiger partial charge < -0.3 is 5.32 Å². The second-order valence-corrected chi connectivity index (χ2v) is 11.4. The van der Waals surface area contributed by atoms with Gasteiger partial charge in [-0.05, 0) is 82.0 Å². The number of aromatic nitrogens is 2. The third-order valence-electron chi connectivity index (χ3n) is 4.98. The summed E-state index contributed by atoms with van der Waals surface area (Å²) in [5, 5.41) is 3.84. The lowest BCUT2D eigenvalue weighted by Gasteiger charge is -2.16. The molecule has 0 saturated heterocycles. The number of rotatable bonds is 7. The van der Waals surface area contributed by atoms with Gasteiger partial charge in [-0.1, -0.05) is 30.7 Å². The van der Waals surface area contributed by atoms with Crippen LogP contribution >= 0.6 is 45.7 Å². The van der Waals surface area contributed by atoms with Crippen LogP contribution in [0.4, 0.5) is 5.69 Å². The molecule has 4 rings (SSSR count). The SMILES string of the molecule is CC(CNC(=O)c1ccc(I)cc1NS(=O)(=O)c1nccc2sncc12)c1ccc(Cl)cc1. The van der Waals surface area contributed by atoms with Crippen LogP contribution in [0.15, 0.2) is 66.0 Å². The minimum atomic E-state index is -4.05. The predicted molar refractivity (Wildman–Crippen MR) is 140 cm³/mol. The zero-order valence-corrected chi connectivity index (χ0v) is 21.8. The lowest BCUT2D eigenvalue weighted by atomic mass is 10.0. The highest BCUT2D eigenvalue weighted by Gasteiger charge is 2.23. The summed E-state index contributed by atoms with van der Waals surface area (Å²) in [7, 11) is -4.05. The highest BCUT2D eigenvalue weighted by Crippen LogP contribution is 2.27. The molecule has 7 nitrogen and oxygen atoms in total. The Kier molecular flexibility index (Phi) is 7.17. The molecule has 1 atom stereocenters. The first kappa shape index (κ1) is 23.9. The molecule has 0 bridgehead atoms. The Morgan fingerprint density at radius 3 is 2.70 bits per heavy atom. The van der Waals surface area contributed by atoms with Crippen LogP contribution in [0.2, 0.25) is 5.02 Å². The minimum Gasteiger partial charge on any atom is -0.351 e. The van der Waals surface area contributed by atoms with E-state index < -0.39 is 10.0 Å². The van der Waals surface area contributed by atoms with E-state index in [-0.39, 0.29) is 28.1 Å². The maximum absolute atomic E-state index is 13.1. The largest absolute Gasteiger partial charge is 0.351 e. The molecule has 0 spiro atoms. The topological polar surface area (TPSA) is 101 Å². The van der Waals surface area contributed by atoms with E-state index in [4.69, 9.17) is 11.6 Å². The third-order valence-corrected chi connectivity index (χ3v) is 7.99. The summed E-state index contributed by atoms with van der Waals surface area (Å²) in [5.41, 5.74) is 1.44. The standard InChI is InChI=1S/C22H18ClIN4O3S2/c1-13(14-2-4-15(23)5-3-14)11-26-21(29)17-7-6-16(24)10-19(17)28-33(30,31)22-18-12-27-32-20(18)8-9-25-22/h2-10,12-13,28H,11H2,1H3,(H,26,29). The van der Waals surface area contributed by atoms with Gasteiger partial charge in [0.15, 0.2) is 5.03 Å². The molecule has 0 radical (unpaired) electrons. The Balaban J connectivity index is 1.56. The molecule has 2 aromatic heterocycles. The fraction of sp³-hybridized carbons (Fsp3) is 0.136. The van der Waals surface area contributed by atoms with Crippen molar-refractivity contribution in [3.05, 3.63) is 80.6 Å². The third kappa shape index (κ3) is 5.45. The Morgan fingerprint density at radius 1 is 1.18 bits per heavy atom. The maximum atomic E-state index is 13.1. The monoisotopic (exact) mass is 612 g/mol. The fourth-order valence-corrected chi connectivity index (χ4v) is 5.76. The summed E-state index contributed by atoms with van der Waals surface area (Å²) in [5.74, 6) is -0.337. The summed E-state index contributed by atoms with van der Waals surface area (Å²) in [6.07, 6.45) is 2.90. The zero-order valence-electron chi connectivity index (χ0n) is 17.2. The molecular weight excluding hydrogens is 595 g/mol. The van der Waals surface area contributed by atoms with Crippen LogP contribution in [0.3, 0.4) is 0 Å². The number of hydrogen-bond acceptors (Lipinski definition) is 6. The molecule has 4 aromatic rings. The maximum Gasteiger partial charge on any atom is 0.280 e. The highest BCUT2D eigenvalue weighted by atomic mass is 127. The number of fused-ring (bicyclic) bond motifs is 1. The summed E-state index contributed by atoms with van der Waals surface area (Å²) >= 11 is 9.20. The molecular formula is C22H18ClIN4O3S2. The second kappa shape index (κ2) is 9.92. The van der Waals surface area contributed by atoms with E-state index in [1.165, 1.54) is 23.9 Å². The van der Waals surface area contributed by atoms with E-state index in [2.05, 4.69) is 42.0 Å². The molecule has 0 aliphatic rings. The summed E-state index contributed by atoms with van der Waals surface area (Å²) in [6, 6.07) is 14.1. The Morgan fingerprint density at radius 2 is 1.94 bits per heavy atom. The quantitative estimate of drug-likeness (QED) is 0.277. The second-order valence-electron chi connectivity index (χ2n) is 7.31. The van der Waals surface area contributed by atoms with E-state index >= 15 is 0 Å². The molecule has 0 saturated carbocycles. The Labute approximate surface area is 213 Å². The lowest BCUT2D eigenvalue weighted by molar-refractivity contribution is 0.0952. The molecule has 170 valence electrons. The van der Waals surface area contributed by atoms with Gasteiger partial charge in [-0.15, -0.1) is 0 Å². The van der Waals surface area contributed by atoms with E-state index in [0.717, 1.165) is 9.13 Å². The number of nitrogens with zero attached hydrogens (tertiary/aromatic N) is 2. The minimum absolute atomic E-state index is 0.0445. The van der Waals surface area contributed by atoms with Crippen molar-refractivity contribution in [2.45, 2.75) is 17.9 Å². The smallest absolute Gasteiger partial charge is 0.280 e. The van der Waals surface area contributed by atoms with Crippen LogP contribution < -0.4 is 10.0 Å². The van der Waals surface area contributed by atoms with E-state index in [9.17, 15) is 13.2 Å². The summed E-state index contributed by atoms with van der Waals surface area (Å²) in [4.78, 5) is 17.0. The van der Waals surface area contributed by atoms with Crippen LogP contribution in [-0.4, -0.2) is 30.2 Å². The van der Waals surface area contributed by atoms with Crippen LogP contribution in [0.5, 0.6) is 0 Å². The first-order chi connectivity index (χ1) is 15.7. The molecule has 2 aromatic carbocycles. The van der Waals surface area contributed by atoms with Gasteiger partial charge in [0, 0.05) is 21.3 Å². The summed E-state index contributed by atoms with van der Waals surface area (Å²) in [6.45, 7) is 2.36. The zero-order chi connectivity index (χ0) is 23.6. The number of pyridine rings is 1. The van der Waals surface area contributed by atoms with E-state index in [0.29, 0.717) is 21.7 Å². The van der Waals surface area contributed by atoms with Crippen LogP contribution in [0, 0.1) is 3.57 Å². The number of nitrogens with one attached hydrogen (secondary N) is 2. The van der Waals surface area contributed by atoms with Crippen LogP contribution in [-0.2, 0) is 10.0 Å². The van der Waals surface area contributed by atoms with Gasteiger partial charge in [0.2, 0.25) is 0 Å². The number of carbonyl (C=O) groups excluding carboxylic acids is 1. The van der Waals surface area contributed by atoms with E-state index in [1.54, 1.807) is 36.4 Å². The average Bonchev–Trinajstić information content (AvgIpc) is 3.26. The molecule has 33 heavy (non-hydrogen) atoms. The lowest BCUT2D eigenvalue weighted by Crippen LogP contribution is -2.29. The van der Waals surface area contributed by atoms with Gasteiger partial charge in [-0.25, -0.2) is 4.98 Å². The van der Waals surface area contributed by atoms with Crippen LogP contribution in [0.1, 0.15) is 28.8 Å². The van der Waals surface area contributed by atoms with E-state index in [1.807, 2.05) is 19.1 Å². The van der Waals surface area contributed by atoms with Crippen molar-refractivity contribution in [2.24, 2.45) is 0 Å². The van der Waals surface area contributed by atoms with Crippen molar-refractivity contribution in [1.29, 1.82) is 0 Å². The molecule has 0 fully saturated rings. The normalized spacial score (nSPS) is 12.5. The molecule has 1 unspecified atom stereocenters. The van der Waals surface area contributed by atoms with Gasteiger partial charge in [0.05, 0.1) is 27.5 Å². The number of halogens is 2. The van der Waals surface area contributed by atoms with Crippen molar-refractivity contribution >= 4 is 77.4 Å². The highest BCUT2D eigenvalue weighted by molar-refractivity contribution is 14.1. The van der Waals surface area contributed by atoms with Gasteiger partial charge in [-0.3, -0.25) is 9.52 Å². The number of amides is 1. The Hall–Kier alpha value is -2.28. The first-order valence-electron chi connectivity index (χ1n) is 9.80. The van der Waals surface area contributed by atoms with Crippen molar-refractivity contribution in [3.8, 4) is 0 Å². The number of benzene rings is 2. The van der Waals surface area contributed by atoms with Crippen LogP contribution in [0.25, 0.3) is 10.1 Å². The molecule has 0 aliphatic heterocycles. The first-order valence-corrected chi connectivity index (χ1v) is 13.5. The van der Waals surface area contributed by atoms with Gasteiger partial charge >= 0.3 is 0 Å². The molecule has 11 heteroatoms. The predicted octanol–water partition coefficient (Wildman–Crippen LogP) is 5.28.